The second-order valence-corrected chi connectivity index (χ2v) is 5.70. The zero-order valence-corrected chi connectivity index (χ0v) is 12.1. The predicted octanol–water partition coefficient (Wildman–Crippen LogP) is 2.62. The molecule has 1 N–H and O–H groups in total. The number of nitrogens with zero attached hydrogens (tertiary/aromatic N) is 2. The van der Waals surface area contributed by atoms with Gasteiger partial charge in [-0.3, -0.25) is 4.68 Å². The predicted molar refractivity (Wildman–Crippen MR) is 76.8 cm³/mol. The van der Waals surface area contributed by atoms with E-state index in [1.807, 2.05) is 18.7 Å². The maximum atomic E-state index is 4.45. The van der Waals surface area contributed by atoms with Gasteiger partial charge in [-0.2, -0.15) is 16.9 Å². The van der Waals surface area contributed by atoms with Crippen molar-refractivity contribution < 1.29 is 0 Å². The van der Waals surface area contributed by atoms with Crippen molar-refractivity contribution in [3.8, 4) is 0 Å². The molecule has 1 aromatic heterocycles. The summed E-state index contributed by atoms with van der Waals surface area (Å²) in [5.41, 5.74) is 2.38. The average molecular weight is 255 g/mol. The van der Waals surface area contributed by atoms with Gasteiger partial charge in [0.2, 0.25) is 0 Å². The van der Waals surface area contributed by atoms with Crippen LogP contribution in [0.5, 0.6) is 0 Å². The first kappa shape index (κ1) is 14.6. The molecule has 0 aliphatic carbocycles. The zero-order chi connectivity index (χ0) is 12.5. The third-order valence-electron chi connectivity index (χ3n) is 2.67. The molecule has 17 heavy (non-hydrogen) atoms. The van der Waals surface area contributed by atoms with Crippen molar-refractivity contribution in [3.05, 3.63) is 17.5 Å². The summed E-state index contributed by atoms with van der Waals surface area (Å²) < 4.78 is 2.10. The van der Waals surface area contributed by atoms with E-state index in [4.69, 9.17) is 0 Å². The highest BCUT2D eigenvalue weighted by molar-refractivity contribution is 7.99. The summed E-state index contributed by atoms with van der Waals surface area (Å²) >= 11 is 2.02. The highest BCUT2D eigenvalue weighted by Crippen LogP contribution is 2.02. The molecule has 0 fully saturated rings. The van der Waals surface area contributed by atoms with Crippen LogP contribution in [0.1, 0.15) is 31.2 Å². The second-order valence-electron chi connectivity index (χ2n) is 4.30. The molecule has 0 amide bonds. The molecule has 0 bridgehead atoms. The molecule has 0 saturated carbocycles. The normalized spacial score (nSPS) is 11.0. The SMILES string of the molecule is CCSCCCNCCCn1nc(C)cc1C. The monoisotopic (exact) mass is 255 g/mol. The Bertz CT molecular complexity index is 310. The van der Waals surface area contributed by atoms with Gasteiger partial charge in [0, 0.05) is 12.2 Å². The van der Waals surface area contributed by atoms with Gasteiger partial charge in [0.15, 0.2) is 0 Å². The van der Waals surface area contributed by atoms with Gasteiger partial charge in [0.05, 0.1) is 5.69 Å². The van der Waals surface area contributed by atoms with Gasteiger partial charge in [-0.15, -0.1) is 0 Å². The molecule has 1 aromatic rings. The van der Waals surface area contributed by atoms with Crippen LogP contribution in [0, 0.1) is 13.8 Å². The van der Waals surface area contributed by atoms with E-state index in [1.165, 1.54) is 23.6 Å². The Hall–Kier alpha value is -0.480. The smallest absolute Gasteiger partial charge is 0.0596 e. The Morgan fingerprint density at radius 2 is 2.06 bits per heavy atom. The van der Waals surface area contributed by atoms with Crippen LogP contribution in [-0.2, 0) is 6.54 Å². The van der Waals surface area contributed by atoms with Gasteiger partial charge < -0.3 is 5.32 Å². The quantitative estimate of drug-likeness (QED) is 0.688. The fourth-order valence-electron chi connectivity index (χ4n) is 1.82. The summed E-state index contributed by atoms with van der Waals surface area (Å²) in [6, 6.07) is 2.13. The van der Waals surface area contributed by atoms with Crippen molar-refractivity contribution in [2.24, 2.45) is 0 Å². The summed E-state index contributed by atoms with van der Waals surface area (Å²) in [7, 11) is 0. The molecule has 0 radical (unpaired) electrons. The van der Waals surface area contributed by atoms with Crippen molar-refractivity contribution in [1.82, 2.24) is 15.1 Å². The van der Waals surface area contributed by atoms with E-state index in [0.717, 1.165) is 31.7 Å². The lowest BCUT2D eigenvalue weighted by atomic mass is 10.3. The van der Waals surface area contributed by atoms with E-state index in [1.54, 1.807) is 0 Å². The van der Waals surface area contributed by atoms with Gasteiger partial charge in [-0.25, -0.2) is 0 Å². The lowest BCUT2D eigenvalue weighted by Gasteiger charge is -2.06. The first-order valence-corrected chi connectivity index (χ1v) is 7.69. The van der Waals surface area contributed by atoms with Gasteiger partial charge in [-0.05, 0) is 57.4 Å². The lowest BCUT2D eigenvalue weighted by molar-refractivity contribution is 0.532. The second kappa shape index (κ2) is 8.59. The van der Waals surface area contributed by atoms with Crippen LogP contribution in [0.2, 0.25) is 0 Å². The third-order valence-corrected chi connectivity index (χ3v) is 3.66. The summed E-state index contributed by atoms with van der Waals surface area (Å²) in [4.78, 5) is 0. The first-order valence-electron chi connectivity index (χ1n) is 6.53. The summed E-state index contributed by atoms with van der Waals surface area (Å²) in [6.45, 7) is 9.64. The molecule has 0 aliphatic heterocycles. The molecule has 0 aromatic carbocycles. The Morgan fingerprint density at radius 1 is 1.29 bits per heavy atom. The van der Waals surface area contributed by atoms with Crippen LogP contribution in [0.15, 0.2) is 6.07 Å². The largest absolute Gasteiger partial charge is 0.317 e. The molecule has 0 spiro atoms. The summed E-state index contributed by atoms with van der Waals surface area (Å²) in [6.07, 6.45) is 2.43. The highest BCUT2D eigenvalue weighted by atomic mass is 32.2. The Morgan fingerprint density at radius 3 is 2.71 bits per heavy atom. The molecule has 0 aliphatic rings. The van der Waals surface area contributed by atoms with Gasteiger partial charge in [-0.1, -0.05) is 6.92 Å². The molecule has 0 unspecified atom stereocenters. The minimum atomic E-state index is 1.02. The number of hydrogen-bond donors (Lipinski definition) is 1. The van der Waals surface area contributed by atoms with E-state index in [9.17, 15) is 0 Å². The van der Waals surface area contributed by atoms with E-state index in [0.29, 0.717) is 0 Å². The Balaban J connectivity index is 1.99. The number of aryl methyl sites for hydroxylation is 3. The Kier molecular flexibility index (Phi) is 7.37. The van der Waals surface area contributed by atoms with Gasteiger partial charge >= 0.3 is 0 Å². The number of rotatable bonds is 9. The molecular formula is C13H25N3S. The summed E-state index contributed by atoms with van der Waals surface area (Å²) in [5.74, 6) is 2.51. The molecule has 98 valence electrons. The number of thioether (sulfide) groups is 1. The maximum absolute atomic E-state index is 4.45. The molecule has 0 saturated heterocycles. The molecule has 1 heterocycles. The lowest BCUT2D eigenvalue weighted by Crippen LogP contribution is -2.19. The topological polar surface area (TPSA) is 29.9 Å². The van der Waals surface area contributed by atoms with Gasteiger partial charge in [0.25, 0.3) is 0 Å². The van der Waals surface area contributed by atoms with Crippen molar-refractivity contribution >= 4 is 11.8 Å². The van der Waals surface area contributed by atoms with Crippen molar-refractivity contribution in [3.63, 3.8) is 0 Å². The first-order chi connectivity index (χ1) is 8.24. The number of aromatic nitrogens is 2. The van der Waals surface area contributed by atoms with Crippen molar-refractivity contribution in [1.29, 1.82) is 0 Å². The molecule has 1 rings (SSSR count). The van der Waals surface area contributed by atoms with E-state index < -0.39 is 0 Å². The fourth-order valence-corrected chi connectivity index (χ4v) is 2.46. The van der Waals surface area contributed by atoms with Crippen LogP contribution in [0.4, 0.5) is 0 Å². The number of nitrogens with one attached hydrogen (secondary N) is 1. The van der Waals surface area contributed by atoms with Gasteiger partial charge in [0.1, 0.15) is 0 Å². The molecule has 3 nitrogen and oxygen atoms in total. The average Bonchev–Trinajstić information content (AvgIpc) is 2.61. The summed E-state index contributed by atoms with van der Waals surface area (Å²) in [5, 5.41) is 7.94. The molecular weight excluding hydrogens is 230 g/mol. The van der Waals surface area contributed by atoms with Crippen LogP contribution in [-0.4, -0.2) is 34.4 Å². The third kappa shape index (κ3) is 6.13. The van der Waals surface area contributed by atoms with Crippen molar-refractivity contribution in [2.75, 3.05) is 24.6 Å². The minimum absolute atomic E-state index is 1.02. The van der Waals surface area contributed by atoms with Crippen molar-refractivity contribution in [2.45, 2.75) is 40.2 Å². The van der Waals surface area contributed by atoms with Crippen LogP contribution >= 0.6 is 11.8 Å². The van der Waals surface area contributed by atoms with Crippen LogP contribution in [0.25, 0.3) is 0 Å². The molecule has 4 heteroatoms. The van der Waals surface area contributed by atoms with Crippen LogP contribution < -0.4 is 5.32 Å². The molecule has 0 atom stereocenters. The zero-order valence-electron chi connectivity index (χ0n) is 11.3. The van der Waals surface area contributed by atoms with Crippen LogP contribution in [0.3, 0.4) is 0 Å². The standard InChI is InChI=1S/C13H25N3S/c1-4-17-10-6-8-14-7-5-9-16-13(3)11-12(2)15-16/h11,14H,4-10H2,1-3H3. The highest BCUT2D eigenvalue weighted by Gasteiger charge is 1.99. The fraction of sp³-hybridized carbons (Fsp3) is 0.769. The van der Waals surface area contributed by atoms with E-state index in [-0.39, 0.29) is 0 Å². The minimum Gasteiger partial charge on any atom is -0.317 e. The van der Waals surface area contributed by atoms with E-state index >= 15 is 0 Å². The maximum Gasteiger partial charge on any atom is 0.0596 e. The Labute approximate surface area is 109 Å². The van der Waals surface area contributed by atoms with E-state index in [2.05, 4.69) is 35.0 Å². The number of hydrogen-bond acceptors (Lipinski definition) is 3.